The Labute approximate surface area is 104 Å². The molecule has 0 aliphatic carbocycles. The Hall–Kier alpha value is -1.06. The first-order chi connectivity index (χ1) is 8.35. The Bertz CT molecular complexity index is 354. The Morgan fingerprint density at radius 2 is 2.24 bits per heavy atom. The predicted molar refractivity (Wildman–Crippen MR) is 70.1 cm³/mol. The summed E-state index contributed by atoms with van der Waals surface area (Å²) in [5.74, 6) is 1.01. The quantitative estimate of drug-likeness (QED) is 0.847. The van der Waals surface area contributed by atoms with Crippen LogP contribution in [0.2, 0.25) is 0 Å². The summed E-state index contributed by atoms with van der Waals surface area (Å²) in [5, 5.41) is 0. The van der Waals surface area contributed by atoms with Crippen molar-refractivity contribution in [3.05, 3.63) is 29.8 Å². The van der Waals surface area contributed by atoms with Gasteiger partial charge in [0.05, 0.1) is 6.61 Å². The molecule has 1 saturated heterocycles. The van der Waals surface area contributed by atoms with Crippen molar-refractivity contribution < 1.29 is 4.74 Å². The van der Waals surface area contributed by atoms with Gasteiger partial charge in [0, 0.05) is 24.7 Å². The minimum Gasteiger partial charge on any atom is -0.494 e. The molecule has 0 radical (unpaired) electrons. The van der Waals surface area contributed by atoms with Crippen molar-refractivity contribution in [1.82, 2.24) is 4.90 Å². The van der Waals surface area contributed by atoms with E-state index in [0.717, 1.165) is 32.0 Å². The first-order valence-corrected chi connectivity index (χ1v) is 6.50. The lowest BCUT2D eigenvalue weighted by Crippen LogP contribution is -2.34. The van der Waals surface area contributed by atoms with E-state index in [1.54, 1.807) is 0 Å². The van der Waals surface area contributed by atoms with Gasteiger partial charge >= 0.3 is 0 Å². The van der Waals surface area contributed by atoms with Crippen LogP contribution < -0.4 is 10.5 Å². The molecule has 1 heterocycles. The third-order valence-electron chi connectivity index (χ3n) is 3.42. The normalized spacial score (nSPS) is 20.7. The van der Waals surface area contributed by atoms with E-state index in [0.29, 0.717) is 6.04 Å². The van der Waals surface area contributed by atoms with Gasteiger partial charge in [-0.05, 0) is 32.4 Å². The molecule has 0 amide bonds. The zero-order valence-corrected chi connectivity index (χ0v) is 10.6. The summed E-state index contributed by atoms with van der Waals surface area (Å²) in [7, 11) is 0. The second kappa shape index (κ2) is 6.03. The maximum atomic E-state index is 5.80. The van der Waals surface area contributed by atoms with Crippen LogP contribution in [-0.4, -0.2) is 30.6 Å². The van der Waals surface area contributed by atoms with Crippen molar-refractivity contribution in [3.63, 3.8) is 0 Å². The Kier molecular flexibility index (Phi) is 4.40. The maximum Gasteiger partial charge on any atom is 0.123 e. The van der Waals surface area contributed by atoms with Crippen LogP contribution in [0.3, 0.4) is 0 Å². The highest BCUT2D eigenvalue weighted by Gasteiger charge is 2.23. The summed E-state index contributed by atoms with van der Waals surface area (Å²) in [6.45, 7) is 5.61. The number of nitrogens with zero attached hydrogens (tertiary/aromatic N) is 1. The summed E-state index contributed by atoms with van der Waals surface area (Å²) in [5.41, 5.74) is 7.07. The number of rotatable bonds is 5. The number of hydrogen-bond acceptors (Lipinski definition) is 3. The van der Waals surface area contributed by atoms with E-state index in [2.05, 4.69) is 17.0 Å². The second-order valence-electron chi connectivity index (χ2n) is 4.54. The Balaban J connectivity index is 2.07. The van der Waals surface area contributed by atoms with Crippen molar-refractivity contribution in [1.29, 1.82) is 0 Å². The number of para-hydroxylation sites is 1. The molecule has 2 N–H and O–H groups in total. The summed E-state index contributed by atoms with van der Waals surface area (Å²) in [6.07, 6.45) is 2.49. The van der Waals surface area contributed by atoms with E-state index in [1.165, 1.54) is 18.4 Å². The van der Waals surface area contributed by atoms with E-state index in [9.17, 15) is 0 Å². The van der Waals surface area contributed by atoms with Crippen LogP contribution in [0.1, 0.15) is 25.3 Å². The Morgan fingerprint density at radius 3 is 3.00 bits per heavy atom. The van der Waals surface area contributed by atoms with E-state index >= 15 is 0 Å². The van der Waals surface area contributed by atoms with E-state index < -0.39 is 0 Å². The molecule has 94 valence electrons. The molecule has 0 bridgehead atoms. The van der Waals surface area contributed by atoms with Crippen LogP contribution in [0.25, 0.3) is 0 Å². The van der Waals surface area contributed by atoms with Crippen LogP contribution in [-0.2, 0) is 6.54 Å². The van der Waals surface area contributed by atoms with Gasteiger partial charge in [-0.2, -0.15) is 0 Å². The molecule has 1 aromatic carbocycles. The van der Waals surface area contributed by atoms with Gasteiger partial charge in [-0.25, -0.2) is 0 Å². The van der Waals surface area contributed by atoms with Crippen LogP contribution in [0, 0.1) is 0 Å². The van der Waals surface area contributed by atoms with Gasteiger partial charge in [-0.3, -0.25) is 4.90 Å². The standard InChI is InChI=1S/C14H22N2O/c1-2-17-14-8-4-3-6-12(14)11-16-9-5-7-13(16)10-15/h3-4,6,8,13H,2,5,7,9-11,15H2,1H3. The highest BCUT2D eigenvalue weighted by Crippen LogP contribution is 2.24. The van der Waals surface area contributed by atoms with Gasteiger partial charge in [-0.1, -0.05) is 18.2 Å². The molecule has 3 heteroatoms. The highest BCUT2D eigenvalue weighted by atomic mass is 16.5. The topological polar surface area (TPSA) is 38.5 Å². The second-order valence-corrected chi connectivity index (χ2v) is 4.54. The molecule has 3 nitrogen and oxygen atoms in total. The van der Waals surface area contributed by atoms with Gasteiger partial charge in [0.25, 0.3) is 0 Å². The van der Waals surface area contributed by atoms with Gasteiger partial charge < -0.3 is 10.5 Å². The van der Waals surface area contributed by atoms with Gasteiger partial charge in [0.2, 0.25) is 0 Å². The molecule has 1 atom stereocenters. The average Bonchev–Trinajstić information content (AvgIpc) is 2.79. The number of hydrogen-bond donors (Lipinski definition) is 1. The van der Waals surface area contributed by atoms with Gasteiger partial charge in [-0.15, -0.1) is 0 Å². The monoisotopic (exact) mass is 234 g/mol. The largest absolute Gasteiger partial charge is 0.494 e. The lowest BCUT2D eigenvalue weighted by atomic mass is 10.1. The fourth-order valence-corrected chi connectivity index (χ4v) is 2.52. The van der Waals surface area contributed by atoms with Crippen LogP contribution in [0.4, 0.5) is 0 Å². The predicted octanol–water partition coefficient (Wildman–Crippen LogP) is 2.01. The lowest BCUT2D eigenvalue weighted by molar-refractivity contribution is 0.243. The molecular formula is C14H22N2O. The van der Waals surface area contributed by atoms with Crippen molar-refractivity contribution in [3.8, 4) is 5.75 Å². The van der Waals surface area contributed by atoms with Gasteiger partial charge in [0.15, 0.2) is 0 Å². The van der Waals surface area contributed by atoms with Crippen LogP contribution in [0.15, 0.2) is 24.3 Å². The van der Waals surface area contributed by atoms with Crippen molar-refractivity contribution >= 4 is 0 Å². The smallest absolute Gasteiger partial charge is 0.123 e. The summed E-state index contributed by atoms with van der Waals surface area (Å²) >= 11 is 0. The summed E-state index contributed by atoms with van der Waals surface area (Å²) < 4.78 is 5.66. The molecule has 1 fully saturated rings. The third kappa shape index (κ3) is 2.99. The minimum atomic E-state index is 0.546. The molecule has 1 aliphatic rings. The molecule has 0 aromatic heterocycles. The molecule has 17 heavy (non-hydrogen) atoms. The van der Waals surface area contributed by atoms with Crippen LogP contribution in [0.5, 0.6) is 5.75 Å². The average molecular weight is 234 g/mol. The molecule has 1 unspecified atom stereocenters. The lowest BCUT2D eigenvalue weighted by Gasteiger charge is -2.24. The fraction of sp³-hybridized carbons (Fsp3) is 0.571. The number of benzene rings is 1. The maximum absolute atomic E-state index is 5.80. The van der Waals surface area contributed by atoms with Gasteiger partial charge in [0.1, 0.15) is 5.75 Å². The highest BCUT2D eigenvalue weighted by molar-refractivity contribution is 5.33. The van der Waals surface area contributed by atoms with Crippen LogP contribution >= 0.6 is 0 Å². The molecule has 1 aliphatic heterocycles. The summed E-state index contributed by atoms with van der Waals surface area (Å²) in [6, 6.07) is 8.85. The molecule has 2 rings (SSSR count). The number of nitrogens with two attached hydrogens (primary N) is 1. The minimum absolute atomic E-state index is 0.546. The third-order valence-corrected chi connectivity index (χ3v) is 3.42. The van der Waals surface area contributed by atoms with Crippen molar-refractivity contribution in [2.45, 2.75) is 32.4 Å². The first-order valence-electron chi connectivity index (χ1n) is 6.50. The van der Waals surface area contributed by atoms with E-state index in [1.807, 2.05) is 19.1 Å². The summed E-state index contributed by atoms with van der Waals surface area (Å²) in [4.78, 5) is 2.47. The molecule has 0 saturated carbocycles. The fourth-order valence-electron chi connectivity index (χ4n) is 2.52. The Morgan fingerprint density at radius 1 is 1.41 bits per heavy atom. The SMILES string of the molecule is CCOc1ccccc1CN1CCCC1CN. The van der Waals surface area contributed by atoms with E-state index in [-0.39, 0.29) is 0 Å². The van der Waals surface area contributed by atoms with E-state index in [4.69, 9.17) is 10.5 Å². The molecule has 0 spiro atoms. The molecular weight excluding hydrogens is 212 g/mol. The molecule has 1 aromatic rings. The number of likely N-dealkylation sites (tertiary alicyclic amines) is 1. The zero-order valence-electron chi connectivity index (χ0n) is 10.6. The van der Waals surface area contributed by atoms with Crippen molar-refractivity contribution in [2.24, 2.45) is 5.73 Å². The van der Waals surface area contributed by atoms with Crippen molar-refractivity contribution in [2.75, 3.05) is 19.7 Å². The zero-order chi connectivity index (χ0) is 12.1. The first kappa shape index (κ1) is 12.4. The number of ether oxygens (including phenoxy) is 1.